The van der Waals surface area contributed by atoms with Gasteiger partial charge in [0.2, 0.25) is 0 Å². The highest BCUT2D eigenvalue weighted by Gasteiger charge is 2.37. The minimum absolute atomic E-state index is 0.0155. The number of rotatable bonds is 3. The molecule has 1 saturated heterocycles. The van der Waals surface area contributed by atoms with Crippen molar-refractivity contribution in [3.8, 4) is 0 Å². The summed E-state index contributed by atoms with van der Waals surface area (Å²) in [5, 5.41) is 12.0. The number of alkyl halides is 6. The first kappa shape index (κ1) is 17.1. The van der Waals surface area contributed by atoms with Crippen molar-refractivity contribution in [1.82, 2.24) is 5.32 Å². The largest absolute Gasteiger partial charge is 0.416 e. The Balaban J connectivity index is 2.27. The Morgan fingerprint density at radius 2 is 1.41 bits per heavy atom. The van der Waals surface area contributed by atoms with Gasteiger partial charge < -0.3 is 10.4 Å². The van der Waals surface area contributed by atoms with E-state index in [1.165, 1.54) is 0 Å². The lowest BCUT2D eigenvalue weighted by atomic mass is 9.99. The highest BCUT2D eigenvalue weighted by molar-refractivity contribution is 5.34. The molecule has 0 aromatic heterocycles. The van der Waals surface area contributed by atoms with Gasteiger partial charge in [-0.15, -0.1) is 0 Å². The van der Waals surface area contributed by atoms with Gasteiger partial charge in [-0.1, -0.05) is 0 Å². The molecular formula is C14H15F6NO. The predicted octanol–water partition coefficient (Wildman–Crippen LogP) is 3.38. The summed E-state index contributed by atoms with van der Waals surface area (Å²) < 4.78 is 76.5. The Morgan fingerprint density at radius 3 is 1.82 bits per heavy atom. The van der Waals surface area contributed by atoms with Crippen molar-refractivity contribution in [2.75, 3.05) is 6.61 Å². The van der Waals surface area contributed by atoms with E-state index in [1.807, 2.05) is 0 Å². The van der Waals surface area contributed by atoms with E-state index in [9.17, 15) is 26.3 Å². The second-order valence-electron chi connectivity index (χ2n) is 5.44. The zero-order valence-corrected chi connectivity index (χ0v) is 11.4. The van der Waals surface area contributed by atoms with Crippen LogP contribution in [0.4, 0.5) is 26.3 Å². The standard InChI is InChI=1S/C14H15F6NO/c15-13(16,17)9-3-8(4-10(6-9)14(18,19)20)5-11-1-2-12(7-22)21-11/h3-4,6,11-12,21-22H,1-2,5,7H2. The summed E-state index contributed by atoms with van der Waals surface area (Å²) in [4.78, 5) is 0. The molecule has 1 aliphatic rings. The van der Waals surface area contributed by atoms with E-state index in [1.54, 1.807) is 0 Å². The number of hydrogen-bond acceptors (Lipinski definition) is 2. The zero-order valence-electron chi connectivity index (χ0n) is 11.4. The van der Waals surface area contributed by atoms with Crippen molar-refractivity contribution in [2.24, 2.45) is 0 Å². The summed E-state index contributed by atoms with van der Waals surface area (Å²) in [6.07, 6.45) is -8.35. The topological polar surface area (TPSA) is 32.3 Å². The maximum Gasteiger partial charge on any atom is 0.416 e. The average Bonchev–Trinajstić information content (AvgIpc) is 2.84. The number of halogens is 6. The van der Waals surface area contributed by atoms with Crippen LogP contribution in [0.25, 0.3) is 0 Å². The van der Waals surface area contributed by atoms with E-state index in [-0.39, 0.29) is 36.7 Å². The highest BCUT2D eigenvalue weighted by Crippen LogP contribution is 2.36. The molecule has 1 aromatic carbocycles. The minimum atomic E-state index is -4.83. The third kappa shape index (κ3) is 4.13. The Kier molecular flexibility index (Phi) is 4.72. The molecule has 8 heteroatoms. The maximum absolute atomic E-state index is 12.8. The van der Waals surface area contributed by atoms with Gasteiger partial charge in [-0.2, -0.15) is 26.3 Å². The Bertz CT molecular complexity index is 493. The Labute approximate surface area is 123 Å². The van der Waals surface area contributed by atoms with Crippen molar-refractivity contribution >= 4 is 0 Å². The molecule has 0 saturated carbocycles. The average molecular weight is 327 g/mol. The second-order valence-corrected chi connectivity index (χ2v) is 5.44. The predicted molar refractivity (Wildman–Crippen MR) is 67.2 cm³/mol. The molecule has 2 rings (SSSR count). The zero-order chi connectivity index (χ0) is 16.5. The van der Waals surface area contributed by atoms with E-state index in [0.717, 1.165) is 12.1 Å². The number of hydrogen-bond donors (Lipinski definition) is 2. The van der Waals surface area contributed by atoms with Crippen LogP contribution in [0.5, 0.6) is 0 Å². The van der Waals surface area contributed by atoms with Crippen molar-refractivity contribution in [1.29, 1.82) is 0 Å². The fraction of sp³-hybridized carbons (Fsp3) is 0.571. The first-order valence-electron chi connectivity index (χ1n) is 6.75. The van der Waals surface area contributed by atoms with Gasteiger partial charge in [0, 0.05) is 12.1 Å². The fourth-order valence-corrected chi connectivity index (χ4v) is 2.63. The number of nitrogens with one attached hydrogen (secondary N) is 1. The van der Waals surface area contributed by atoms with Gasteiger partial charge in [0.1, 0.15) is 0 Å². The summed E-state index contributed by atoms with van der Waals surface area (Å²) in [7, 11) is 0. The van der Waals surface area contributed by atoms with Gasteiger partial charge in [0.15, 0.2) is 0 Å². The van der Waals surface area contributed by atoms with Crippen LogP contribution in [0.2, 0.25) is 0 Å². The normalized spacial score (nSPS) is 23.0. The van der Waals surface area contributed by atoms with Crippen LogP contribution in [0.1, 0.15) is 29.5 Å². The maximum atomic E-state index is 12.8. The molecule has 0 aliphatic carbocycles. The molecule has 1 heterocycles. The molecule has 1 aliphatic heterocycles. The molecule has 2 unspecified atom stereocenters. The Hall–Kier alpha value is -1.28. The lowest BCUT2D eigenvalue weighted by molar-refractivity contribution is -0.143. The monoisotopic (exact) mass is 327 g/mol. The van der Waals surface area contributed by atoms with E-state index < -0.39 is 23.5 Å². The van der Waals surface area contributed by atoms with Crippen molar-refractivity contribution in [3.05, 3.63) is 34.9 Å². The van der Waals surface area contributed by atoms with E-state index >= 15 is 0 Å². The molecule has 0 radical (unpaired) electrons. The lowest BCUT2D eigenvalue weighted by Gasteiger charge is -2.17. The molecule has 2 nitrogen and oxygen atoms in total. The van der Waals surface area contributed by atoms with Crippen LogP contribution in [0, 0.1) is 0 Å². The summed E-state index contributed by atoms with van der Waals surface area (Å²) in [6.45, 7) is -0.104. The van der Waals surface area contributed by atoms with Crippen molar-refractivity contribution < 1.29 is 31.4 Å². The third-order valence-corrected chi connectivity index (χ3v) is 3.68. The van der Waals surface area contributed by atoms with Gasteiger partial charge in [0.05, 0.1) is 17.7 Å². The van der Waals surface area contributed by atoms with Crippen LogP contribution in [0.3, 0.4) is 0 Å². The molecule has 0 spiro atoms. The van der Waals surface area contributed by atoms with Crippen molar-refractivity contribution in [3.63, 3.8) is 0 Å². The summed E-state index contributed by atoms with van der Waals surface area (Å²) in [5.41, 5.74) is -2.61. The molecule has 2 N–H and O–H groups in total. The molecular weight excluding hydrogens is 312 g/mol. The summed E-state index contributed by atoms with van der Waals surface area (Å²) in [5.74, 6) is 0. The van der Waals surface area contributed by atoms with Gasteiger partial charge in [-0.3, -0.25) is 0 Å². The molecule has 1 fully saturated rings. The molecule has 0 amide bonds. The Morgan fingerprint density at radius 1 is 0.909 bits per heavy atom. The lowest BCUT2D eigenvalue weighted by Crippen LogP contribution is -2.33. The quantitative estimate of drug-likeness (QED) is 0.834. The van der Waals surface area contributed by atoms with Gasteiger partial charge in [-0.25, -0.2) is 0 Å². The number of aliphatic hydroxyl groups excluding tert-OH is 1. The molecule has 2 atom stereocenters. The van der Waals surface area contributed by atoms with Crippen LogP contribution < -0.4 is 5.32 Å². The first-order chi connectivity index (χ1) is 10.1. The number of benzene rings is 1. The molecule has 22 heavy (non-hydrogen) atoms. The fourth-order valence-electron chi connectivity index (χ4n) is 2.63. The molecule has 0 bridgehead atoms. The highest BCUT2D eigenvalue weighted by atomic mass is 19.4. The van der Waals surface area contributed by atoms with Crippen LogP contribution in [-0.2, 0) is 18.8 Å². The van der Waals surface area contributed by atoms with Crippen LogP contribution >= 0.6 is 0 Å². The van der Waals surface area contributed by atoms with Crippen LogP contribution in [0.15, 0.2) is 18.2 Å². The third-order valence-electron chi connectivity index (χ3n) is 3.68. The van der Waals surface area contributed by atoms with Gasteiger partial charge in [-0.05, 0) is 43.0 Å². The number of aliphatic hydroxyl groups is 1. The van der Waals surface area contributed by atoms with E-state index in [2.05, 4.69) is 5.32 Å². The van der Waals surface area contributed by atoms with Crippen molar-refractivity contribution in [2.45, 2.75) is 43.7 Å². The van der Waals surface area contributed by atoms with Crippen LogP contribution in [-0.4, -0.2) is 23.8 Å². The second kappa shape index (κ2) is 6.08. The SMILES string of the molecule is OCC1CCC(Cc2cc(C(F)(F)F)cc(C(F)(F)F)c2)N1. The van der Waals surface area contributed by atoms with E-state index in [4.69, 9.17) is 5.11 Å². The summed E-state index contributed by atoms with van der Waals surface area (Å²) >= 11 is 0. The van der Waals surface area contributed by atoms with Gasteiger partial charge in [0.25, 0.3) is 0 Å². The smallest absolute Gasteiger partial charge is 0.395 e. The summed E-state index contributed by atoms with van der Waals surface area (Å²) in [6, 6.07) is 1.24. The molecule has 1 aromatic rings. The van der Waals surface area contributed by atoms with Gasteiger partial charge >= 0.3 is 12.4 Å². The molecule has 124 valence electrons. The first-order valence-corrected chi connectivity index (χ1v) is 6.75. The van der Waals surface area contributed by atoms with E-state index in [0.29, 0.717) is 12.8 Å². The minimum Gasteiger partial charge on any atom is -0.395 e.